The third kappa shape index (κ3) is 3.51. The van der Waals surface area contributed by atoms with E-state index in [0.29, 0.717) is 30.5 Å². The Kier molecular flexibility index (Phi) is 4.35. The number of carbonyl (C=O) groups is 2. The third-order valence-corrected chi connectivity index (χ3v) is 4.32. The van der Waals surface area contributed by atoms with Gasteiger partial charge in [0.25, 0.3) is 0 Å². The highest BCUT2D eigenvalue weighted by Crippen LogP contribution is 2.22. The van der Waals surface area contributed by atoms with Crippen molar-refractivity contribution in [2.45, 2.75) is 25.4 Å². The Bertz CT molecular complexity index is 527. The molecule has 1 N–H and O–H groups in total. The molecule has 2 fully saturated rings. The monoisotopic (exact) mass is 311 g/mol. The highest BCUT2D eigenvalue weighted by Gasteiger charge is 2.24. The van der Waals surface area contributed by atoms with Crippen LogP contribution in [0.25, 0.3) is 0 Å². The van der Waals surface area contributed by atoms with E-state index in [9.17, 15) is 9.59 Å². The molecule has 0 aliphatic carbocycles. The molecule has 1 aromatic rings. The molecule has 8 heteroatoms. The molecule has 3 rings (SSSR count). The van der Waals surface area contributed by atoms with Gasteiger partial charge in [-0.3, -0.25) is 9.69 Å². The van der Waals surface area contributed by atoms with Gasteiger partial charge in [0.05, 0.1) is 18.2 Å². The maximum atomic E-state index is 11.8. The van der Waals surface area contributed by atoms with Crippen molar-refractivity contribution in [3.05, 3.63) is 11.1 Å². The van der Waals surface area contributed by atoms with Crippen molar-refractivity contribution in [3.63, 3.8) is 0 Å². The molecule has 2 aliphatic heterocycles. The summed E-state index contributed by atoms with van der Waals surface area (Å²) in [4.78, 5) is 29.2. The van der Waals surface area contributed by atoms with Crippen molar-refractivity contribution in [1.29, 1.82) is 0 Å². The Morgan fingerprint density at radius 1 is 1.62 bits per heavy atom. The molecule has 0 aromatic carbocycles. The van der Waals surface area contributed by atoms with Crippen molar-refractivity contribution < 1.29 is 19.1 Å². The first-order chi connectivity index (χ1) is 10.2. The van der Waals surface area contributed by atoms with Crippen LogP contribution in [-0.4, -0.2) is 49.4 Å². The maximum Gasteiger partial charge on any atom is 0.323 e. The van der Waals surface area contributed by atoms with E-state index in [1.54, 1.807) is 10.3 Å². The molecular weight excluding hydrogens is 294 g/mol. The molecule has 0 saturated carbocycles. The molecule has 2 aliphatic rings. The summed E-state index contributed by atoms with van der Waals surface area (Å²) in [6, 6.07) is -0.142. The number of amides is 2. The first-order valence-corrected chi connectivity index (χ1v) is 7.87. The van der Waals surface area contributed by atoms with Gasteiger partial charge in [0.1, 0.15) is 6.61 Å². The van der Waals surface area contributed by atoms with Crippen molar-refractivity contribution >= 4 is 28.5 Å². The second kappa shape index (κ2) is 6.40. The van der Waals surface area contributed by atoms with Crippen molar-refractivity contribution in [2.75, 3.05) is 31.2 Å². The van der Waals surface area contributed by atoms with Crippen LogP contribution in [0.3, 0.4) is 0 Å². The summed E-state index contributed by atoms with van der Waals surface area (Å²) < 4.78 is 10.6. The molecule has 0 bridgehead atoms. The Balaban J connectivity index is 1.49. The van der Waals surface area contributed by atoms with Crippen molar-refractivity contribution in [2.24, 2.45) is 0 Å². The zero-order valence-corrected chi connectivity index (χ0v) is 12.4. The lowest BCUT2D eigenvalue weighted by Crippen LogP contribution is -2.27. The number of carbonyl (C=O) groups excluding carboxylic acids is 2. The molecule has 1 aromatic heterocycles. The Morgan fingerprint density at radius 2 is 2.52 bits per heavy atom. The van der Waals surface area contributed by atoms with Gasteiger partial charge in [0.2, 0.25) is 0 Å². The van der Waals surface area contributed by atoms with Crippen LogP contribution >= 0.6 is 11.3 Å². The van der Waals surface area contributed by atoms with E-state index in [-0.39, 0.29) is 24.5 Å². The molecule has 3 heterocycles. The number of aromatic nitrogens is 1. The number of anilines is 1. The number of rotatable bonds is 5. The van der Waals surface area contributed by atoms with E-state index in [1.165, 1.54) is 11.3 Å². The zero-order chi connectivity index (χ0) is 14.7. The van der Waals surface area contributed by atoms with Crippen molar-refractivity contribution in [1.82, 2.24) is 10.3 Å². The number of nitrogens with one attached hydrogen (secondary N) is 1. The molecule has 2 amide bonds. The number of thiazole rings is 1. The number of urea groups is 1. The quantitative estimate of drug-likeness (QED) is 0.819. The lowest BCUT2D eigenvalue weighted by Gasteiger charge is -2.10. The van der Waals surface area contributed by atoms with Gasteiger partial charge in [-0.2, -0.15) is 0 Å². The number of hydrogen-bond acceptors (Lipinski definition) is 6. The van der Waals surface area contributed by atoms with Crippen LogP contribution in [0.4, 0.5) is 9.93 Å². The number of ether oxygens (including phenoxy) is 2. The first-order valence-electron chi connectivity index (χ1n) is 6.99. The molecule has 114 valence electrons. The summed E-state index contributed by atoms with van der Waals surface area (Å²) in [5.41, 5.74) is 0.632. The fourth-order valence-electron chi connectivity index (χ4n) is 2.32. The standard InChI is InChI=1S/C13H17N3O4S/c17-11(20-7-10-2-1-5-19-10)6-9-8-21-13(15-9)16-4-3-14-12(16)18/h8,10H,1-7H2,(H,14,18)/t10-/m1/s1. The van der Waals surface area contributed by atoms with Crippen LogP contribution in [0.5, 0.6) is 0 Å². The van der Waals surface area contributed by atoms with Gasteiger partial charge in [-0.05, 0) is 12.8 Å². The molecule has 2 saturated heterocycles. The van der Waals surface area contributed by atoms with Gasteiger partial charge >= 0.3 is 12.0 Å². The highest BCUT2D eigenvalue weighted by atomic mass is 32.1. The Hall–Kier alpha value is -1.67. The van der Waals surface area contributed by atoms with E-state index < -0.39 is 0 Å². The van der Waals surface area contributed by atoms with Gasteiger partial charge < -0.3 is 14.8 Å². The van der Waals surface area contributed by atoms with E-state index in [4.69, 9.17) is 9.47 Å². The fraction of sp³-hybridized carbons (Fsp3) is 0.615. The van der Waals surface area contributed by atoms with Crippen LogP contribution in [0.2, 0.25) is 0 Å². The zero-order valence-electron chi connectivity index (χ0n) is 11.5. The molecule has 0 unspecified atom stereocenters. The molecule has 1 atom stereocenters. The largest absolute Gasteiger partial charge is 0.463 e. The molecule has 0 radical (unpaired) electrons. The topological polar surface area (TPSA) is 80.8 Å². The summed E-state index contributed by atoms with van der Waals surface area (Å²) in [5, 5.41) is 5.12. The molecule has 0 spiro atoms. The third-order valence-electron chi connectivity index (χ3n) is 3.41. The normalized spacial score (nSPS) is 21.6. The summed E-state index contributed by atoms with van der Waals surface area (Å²) >= 11 is 1.36. The first kappa shape index (κ1) is 14.3. The average molecular weight is 311 g/mol. The van der Waals surface area contributed by atoms with Crippen LogP contribution in [0, 0.1) is 0 Å². The van der Waals surface area contributed by atoms with Gasteiger partial charge in [-0.25, -0.2) is 9.78 Å². The number of nitrogens with zero attached hydrogens (tertiary/aromatic N) is 2. The predicted octanol–water partition coefficient (Wildman–Crippen LogP) is 0.937. The summed E-state index contributed by atoms with van der Waals surface area (Å²) in [6.45, 7) is 2.28. The minimum absolute atomic E-state index is 0.0354. The molecule has 7 nitrogen and oxygen atoms in total. The summed E-state index contributed by atoms with van der Waals surface area (Å²) in [5.74, 6) is -0.312. The smallest absolute Gasteiger partial charge is 0.323 e. The Morgan fingerprint density at radius 3 is 3.24 bits per heavy atom. The fourth-order valence-corrected chi connectivity index (χ4v) is 3.17. The molecular formula is C13H17N3O4S. The van der Waals surface area contributed by atoms with E-state index >= 15 is 0 Å². The summed E-state index contributed by atoms with van der Waals surface area (Å²) in [6.07, 6.45) is 2.13. The van der Waals surface area contributed by atoms with Gasteiger partial charge in [-0.1, -0.05) is 0 Å². The lowest BCUT2D eigenvalue weighted by atomic mass is 10.2. The summed E-state index contributed by atoms with van der Waals surface area (Å²) in [7, 11) is 0. The van der Waals surface area contributed by atoms with E-state index in [1.807, 2.05) is 0 Å². The van der Waals surface area contributed by atoms with Crippen LogP contribution in [-0.2, 0) is 20.7 Å². The van der Waals surface area contributed by atoms with E-state index in [0.717, 1.165) is 19.4 Å². The second-order valence-corrected chi connectivity index (χ2v) is 5.84. The van der Waals surface area contributed by atoms with Gasteiger partial charge in [0, 0.05) is 25.1 Å². The van der Waals surface area contributed by atoms with Gasteiger partial charge in [-0.15, -0.1) is 11.3 Å². The van der Waals surface area contributed by atoms with Crippen LogP contribution < -0.4 is 10.2 Å². The minimum atomic E-state index is -0.312. The SMILES string of the molecule is O=C(Cc1csc(N2CCNC2=O)n1)OC[C@H]1CCCO1. The number of esters is 1. The van der Waals surface area contributed by atoms with Crippen LogP contribution in [0.1, 0.15) is 18.5 Å². The molecule has 21 heavy (non-hydrogen) atoms. The van der Waals surface area contributed by atoms with E-state index in [2.05, 4.69) is 10.3 Å². The Labute approximate surface area is 126 Å². The number of hydrogen-bond donors (Lipinski definition) is 1. The highest BCUT2D eigenvalue weighted by molar-refractivity contribution is 7.14. The van der Waals surface area contributed by atoms with Gasteiger partial charge in [0.15, 0.2) is 5.13 Å². The minimum Gasteiger partial charge on any atom is -0.463 e. The second-order valence-electron chi connectivity index (χ2n) is 5.00. The van der Waals surface area contributed by atoms with Crippen LogP contribution in [0.15, 0.2) is 5.38 Å². The predicted molar refractivity (Wildman–Crippen MR) is 76.5 cm³/mol. The average Bonchev–Trinajstić information content (AvgIpc) is 3.17. The van der Waals surface area contributed by atoms with Crippen molar-refractivity contribution in [3.8, 4) is 0 Å². The maximum absolute atomic E-state index is 11.8. The lowest BCUT2D eigenvalue weighted by molar-refractivity contribution is -0.146.